The van der Waals surface area contributed by atoms with Crippen molar-refractivity contribution in [2.75, 3.05) is 6.54 Å². The molecule has 6 heteroatoms. The van der Waals surface area contributed by atoms with Gasteiger partial charge < -0.3 is 19.2 Å². The van der Waals surface area contributed by atoms with Crippen molar-refractivity contribution in [3.8, 4) is 5.75 Å². The molecule has 5 aromatic rings. The molecular formula is C34H27NO5. The Kier molecular flexibility index (Phi) is 6.89. The summed E-state index contributed by atoms with van der Waals surface area (Å²) in [5, 5.41) is 11.8. The Morgan fingerprint density at radius 1 is 0.825 bits per heavy atom. The first kappa shape index (κ1) is 25.2. The Bertz CT molecular complexity index is 1650. The molecule has 1 amide bonds. The van der Waals surface area contributed by atoms with Crippen molar-refractivity contribution in [1.29, 1.82) is 0 Å². The smallest absolute Gasteiger partial charge is 0.290 e. The van der Waals surface area contributed by atoms with Gasteiger partial charge in [-0.2, -0.15) is 0 Å². The molecule has 0 saturated carbocycles. The fraction of sp³-hybridized carbons (Fsp3) is 0.118. The number of ether oxygens (including phenoxy) is 1. The quantitative estimate of drug-likeness (QED) is 0.212. The SMILES string of the molecule is O=C(C1=C(O)C(=O)N(CCc2ccccc2)[C@@H]1c1ccc(OCc2ccccc2)cc1)c1cc2ccccc2o1. The molecule has 0 fully saturated rings. The van der Waals surface area contributed by atoms with Gasteiger partial charge in [-0.05, 0) is 47.4 Å². The molecule has 0 aliphatic carbocycles. The number of nitrogens with zero attached hydrogens (tertiary/aromatic N) is 1. The molecule has 0 radical (unpaired) electrons. The fourth-order valence-corrected chi connectivity index (χ4v) is 5.07. The van der Waals surface area contributed by atoms with Crippen LogP contribution in [0.1, 0.15) is 33.3 Å². The van der Waals surface area contributed by atoms with Crippen LogP contribution in [0.15, 0.2) is 131 Å². The van der Waals surface area contributed by atoms with Gasteiger partial charge in [0.25, 0.3) is 5.91 Å². The summed E-state index contributed by atoms with van der Waals surface area (Å²) in [6, 6.07) is 35.1. The maximum atomic E-state index is 13.8. The van der Waals surface area contributed by atoms with Gasteiger partial charge in [-0.15, -0.1) is 0 Å². The molecule has 1 atom stereocenters. The summed E-state index contributed by atoms with van der Waals surface area (Å²) in [4.78, 5) is 28.7. The van der Waals surface area contributed by atoms with E-state index in [2.05, 4.69) is 0 Å². The van der Waals surface area contributed by atoms with Gasteiger partial charge in [0.2, 0.25) is 5.78 Å². The van der Waals surface area contributed by atoms with Crippen LogP contribution in [0.4, 0.5) is 0 Å². The van der Waals surface area contributed by atoms with Crippen LogP contribution >= 0.6 is 0 Å². The highest BCUT2D eigenvalue weighted by Gasteiger charge is 2.44. The Labute approximate surface area is 231 Å². The highest BCUT2D eigenvalue weighted by atomic mass is 16.5. The lowest BCUT2D eigenvalue weighted by Crippen LogP contribution is -2.33. The van der Waals surface area contributed by atoms with Crippen LogP contribution in [-0.2, 0) is 17.8 Å². The molecule has 6 nitrogen and oxygen atoms in total. The molecule has 0 bridgehead atoms. The number of Topliss-reactive ketones (excluding diaryl/α,β-unsaturated/α-hetero) is 1. The normalized spacial score (nSPS) is 15.2. The molecule has 1 aliphatic heterocycles. The van der Waals surface area contributed by atoms with E-state index >= 15 is 0 Å². The minimum absolute atomic E-state index is 0.00933. The third-order valence-electron chi connectivity index (χ3n) is 7.13. The summed E-state index contributed by atoms with van der Waals surface area (Å²) in [5.74, 6) is -0.907. The third kappa shape index (κ3) is 4.99. The maximum Gasteiger partial charge on any atom is 0.290 e. The van der Waals surface area contributed by atoms with Crippen LogP contribution in [0.3, 0.4) is 0 Å². The molecular weight excluding hydrogens is 502 g/mol. The lowest BCUT2D eigenvalue weighted by atomic mass is 9.94. The zero-order chi connectivity index (χ0) is 27.5. The Hall–Kier alpha value is -5.10. The van der Waals surface area contributed by atoms with Crippen molar-refractivity contribution >= 4 is 22.7 Å². The van der Waals surface area contributed by atoms with E-state index in [9.17, 15) is 14.7 Å². The Morgan fingerprint density at radius 3 is 2.17 bits per heavy atom. The average molecular weight is 530 g/mol. The lowest BCUT2D eigenvalue weighted by molar-refractivity contribution is -0.129. The lowest BCUT2D eigenvalue weighted by Gasteiger charge is -2.27. The summed E-state index contributed by atoms with van der Waals surface area (Å²) in [6.07, 6.45) is 0.570. The third-order valence-corrected chi connectivity index (χ3v) is 7.13. The summed E-state index contributed by atoms with van der Waals surface area (Å²) in [6.45, 7) is 0.739. The van der Waals surface area contributed by atoms with Crippen molar-refractivity contribution in [2.24, 2.45) is 0 Å². The fourth-order valence-electron chi connectivity index (χ4n) is 5.07. The molecule has 0 spiro atoms. The number of carbonyl (C=O) groups is 2. The molecule has 1 aliphatic rings. The second-order valence-corrected chi connectivity index (χ2v) is 9.72. The average Bonchev–Trinajstić information content (AvgIpc) is 3.55. The highest BCUT2D eigenvalue weighted by molar-refractivity contribution is 6.16. The second kappa shape index (κ2) is 10.9. The molecule has 1 N–H and O–H groups in total. The molecule has 40 heavy (non-hydrogen) atoms. The Balaban J connectivity index is 1.31. The molecule has 6 rings (SSSR count). The Morgan fingerprint density at radius 2 is 1.48 bits per heavy atom. The van der Waals surface area contributed by atoms with Crippen molar-refractivity contribution in [2.45, 2.75) is 19.1 Å². The molecule has 1 aromatic heterocycles. The van der Waals surface area contributed by atoms with E-state index in [1.54, 1.807) is 17.0 Å². The number of fused-ring (bicyclic) bond motifs is 1. The van der Waals surface area contributed by atoms with Crippen LogP contribution < -0.4 is 4.74 Å². The number of carbonyl (C=O) groups excluding carboxylic acids is 2. The zero-order valence-electron chi connectivity index (χ0n) is 21.7. The van der Waals surface area contributed by atoms with Gasteiger partial charge in [-0.1, -0.05) is 91.0 Å². The zero-order valence-corrected chi connectivity index (χ0v) is 21.7. The molecule has 198 valence electrons. The highest BCUT2D eigenvalue weighted by Crippen LogP contribution is 2.40. The van der Waals surface area contributed by atoms with E-state index < -0.39 is 23.5 Å². The van der Waals surface area contributed by atoms with Crippen molar-refractivity contribution in [1.82, 2.24) is 4.90 Å². The molecule has 2 heterocycles. The van der Waals surface area contributed by atoms with Crippen LogP contribution in [0, 0.1) is 0 Å². The van der Waals surface area contributed by atoms with Crippen molar-refractivity contribution in [3.63, 3.8) is 0 Å². The van der Waals surface area contributed by atoms with Gasteiger partial charge >= 0.3 is 0 Å². The van der Waals surface area contributed by atoms with Gasteiger partial charge in [0.15, 0.2) is 11.5 Å². The summed E-state index contributed by atoms with van der Waals surface area (Å²) < 4.78 is 11.8. The number of hydrogen-bond acceptors (Lipinski definition) is 5. The number of ketones is 1. The molecule has 0 unspecified atom stereocenters. The summed E-state index contributed by atoms with van der Waals surface area (Å²) >= 11 is 0. The second-order valence-electron chi connectivity index (χ2n) is 9.72. The largest absolute Gasteiger partial charge is 0.503 e. The van der Waals surface area contributed by atoms with E-state index in [0.29, 0.717) is 36.5 Å². The number of benzene rings is 4. The predicted octanol–water partition coefficient (Wildman–Crippen LogP) is 6.83. The van der Waals surface area contributed by atoms with Gasteiger partial charge in [0.1, 0.15) is 17.9 Å². The number of furan rings is 1. The predicted molar refractivity (Wildman–Crippen MR) is 152 cm³/mol. The van der Waals surface area contributed by atoms with E-state index in [-0.39, 0.29) is 11.3 Å². The molecule has 0 saturated heterocycles. The van der Waals surface area contributed by atoms with E-state index in [1.807, 2.05) is 103 Å². The number of aliphatic hydroxyl groups is 1. The van der Waals surface area contributed by atoms with Crippen LogP contribution in [0.5, 0.6) is 5.75 Å². The van der Waals surface area contributed by atoms with Gasteiger partial charge in [0.05, 0.1) is 11.6 Å². The number of hydrogen-bond donors (Lipinski definition) is 1. The first-order chi connectivity index (χ1) is 19.6. The van der Waals surface area contributed by atoms with E-state index in [4.69, 9.17) is 9.15 Å². The van der Waals surface area contributed by atoms with Gasteiger partial charge in [-0.25, -0.2) is 0 Å². The van der Waals surface area contributed by atoms with E-state index in [1.165, 1.54) is 0 Å². The van der Waals surface area contributed by atoms with Crippen LogP contribution in [0.2, 0.25) is 0 Å². The number of rotatable bonds is 9. The number of amides is 1. The van der Waals surface area contributed by atoms with Crippen LogP contribution in [-0.4, -0.2) is 28.2 Å². The number of aliphatic hydroxyl groups excluding tert-OH is 1. The standard InChI is InChI=1S/C34H27NO5/c36-32(29-21-26-13-7-8-14-28(26)40-29)30-31(35(34(38)33(30)37)20-19-23-9-3-1-4-10-23)25-15-17-27(18-16-25)39-22-24-11-5-2-6-12-24/h1-18,21,31,37H,19-20,22H2/t31-/m1/s1. The van der Waals surface area contributed by atoms with E-state index in [0.717, 1.165) is 16.5 Å². The van der Waals surface area contributed by atoms with Gasteiger partial charge in [-0.3, -0.25) is 9.59 Å². The first-order valence-electron chi connectivity index (χ1n) is 13.2. The van der Waals surface area contributed by atoms with Crippen molar-refractivity contribution < 1.29 is 23.8 Å². The summed E-state index contributed by atoms with van der Waals surface area (Å²) in [7, 11) is 0. The minimum Gasteiger partial charge on any atom is -0.503 e. The topological polar surface area (TPSA) is 80.0 Å². The van der Waals surface area contributed by atoms with Crippen LogP contribution in [0.25, 0.3) is 11.0 Å². The number of para-hydroxylation sites is 1. The first-order valence-corrected chi connectivity index (χ1v) is 13.2. The summed E-state index contributed by atoms with van der Waals surface area (Å²) in [5.41, 5.74) is 3.36. The van der Waals surface area contributed by atoms with Crippen molar-refractivity contribution in [3.05, 3.63) is 149 Å². The molecule has 4 aromatic carbocycles. The monoisotopic (exact) mass is 529 g/mol. The maximum absolute atomic E-state index is 13.8. The van der Waals surface area contributed by atoms with Gasteiger partial charge in [0, 0.05) is 11.9 Å². The minimum atomic E-state index is -0.778.